The zero-order valence-corrected chi connectivity index (χ0v) is 14.8. The molecule has 1 heterocycles. The second kappa shape index (κ2) is 6.40. The molecule has 128 valence electrons. The first-order valence-corrected chi connectivity index (χ1v) is 8.92. The van der Waals surface area contributed by atoms with Gasteiger partial charge in [-0.05, 0) is 55.5 Å². The quantitative estimate of drug-likeness (QED) is 0.673. The normalized spacial score (nSPS) is 14.0. The van der Waals surface area contributed by atoms with E-state index < -0.39 is 0 Å². The molecule has 3 aromatic rings. The first-order chi connectivity index (χ1) is 12.1. The summed E-state index contributed by atoms with van der Waals surface area (Å²) in [4.78, 5) is 15.0. The minimum absolute atomic E-state index is 0.187. The Kier molecular flexibility index (Phi) is 4.08. The number of carbonyl (C=O) groups excluding carboxylic acids is 1. The van der Waals surface area contributed by atoms with Crippen molar-refractivity contribution in [3.63, 3.8) is 0 Å². The molecule has 1 amide bonds. The fraction of sp³-hybridized carbons (Fsp3) is 0.318. The molecule has 0 saturated heterocycles. The van der Waals surface area contributed by atoms with Crippen molar-refractivity contribution < 1.29 is 9.21 Å². The summed E-state index contributed by atoms with van der Waals surface area (Å²) < 4.78 is 5.69. The molecule has 1 aromatic heterocycles. The molecule has 0 aliphatic heterocycles. The molecule has 1 saturated carbocycles. The standard InChI is InChI=1S/C22H23NO2/c1-15-10-20-18(14-25-21(20)11-16(15)2)12-22(24)23(19-8-9-19)13-17-6-4-3-5-7-17/h3-7,10-11,14,19H,8-9,12-13H2,1-2H3. The molecule has 3 heteroatoms. The van der Waals surface area contributed by atoms with E-state index in [-0.39, 0.29) is 5.91 Å². The van der Waals surface area contributed by atoms with Gasteiger partial charge >= 0.3 is 0 Å². The lowest BCUT2D eigenvalue weighted by Gasteiger charge is -2.22. The lowest BCUT2D eigenvalue weighted by Crippen LogP contribution is -2.33. The third-order valence-corrected chi connectivity index (χ3v) is 5.12. The molecular formula is C22H23NO2. The molecule has 1 fully saturated rings. The Morgan fingerprint density at radius 1 is 1.12 bits per heavy atom. The number of nitrogens with zero attached hydrogens (tertiary/aromatic N) is 1. The minimum Gasteiger partial charge on any atom is -0.464 e. The zero-order valence-electron chi connectivity index (χ0n) is 14.8. The minimum atomic E-state index is 0.187. The van der Waals surface area contributed by atoms with Gasteiger partial charge in [0.15, 0.2) is 0 Å². The Morgan fingerprint density at radius 3 is 2.56 bits per heavy atom. The van der Waals surface area contributed by atoms with Crippen LogP contribution in [0.1, 0.15) is 35.1 Å². The second-order valence-electron chi connectivity index (χ2n) is 7.11. The van der Waals surface area contributed by atoms with Crippen molar-refractivity contribution in [2.75, 3.05) is 0 Å². The van der Waals surface area contributed by atoms with Crippen LogP contribution in [0.15, 0.2) is 53.1 Å². The van der Waals surface area contributed by atoms with E-state index in [9.17, 15) is 4.79 Å². The Balaban J connectivity index is 1.56. The van der Waals surface area contributed by atoms with Crippen LogP contribution >= 0.6 is 0 Å². The van der Waals surface area contributed by atoms with E-state index in [0.29, 0.717) is 19.0 Å². The summed E-state index contributed by atoms with van der Waals surface area (Å²) in [6.45, 7) is 4.87. The number of hydrogen-bond donors (Lipinski definition) is 0. The molecule has 0 N–H and O–H groups in total. The van der Waals surface area contributed by atoms with Crippen LogP contribution in [0.5, 0.6) is 0 Å². The van der Waals surface area contributed by atoms with Crippen LogP contribution in [0.2, 0.25) is 0 Å². The molecule has 2 aromatic carbocycles. The average Bonchev–Trinajstić information content (AvgIpc) is 3.38. The van der Waals surface area contributed by atoms with Crippen molar-refractivity contribution in [2.45, 2.75) is 45.7 Å². The smallest absolute Gasteiger partial charge is 0.227 e. The van der Waals surface area contributed by atoms with Gasteiger partial charge in [0.1, 0.15) is 5.58 Å². The third-order valence-electron chi connectivity index (χ3n) is 5.12. The van der Waals surface area contributed by atoms with Crippen LogP contribution in [-0.2, 0) is 17.8 Å². The zero-order chi connectivity index (χ0) is 17.4. The maximum absolute atomic E-state index is 13.0. The molecule has 0 spiro atoms. The number of benzene rings is 2. The summed E-state index contributed by atoms with van der Waals surface area (Å²) >= 11 is 0. The summed E-state index contributed by atoms with van der Waals surface area (Å²) in [7, 11) is 0. The van der Waals surface area contributed by atoms with E-state index in [2.05, 4.69) is 38.1 Å². The number of fused-ring (bicyclic) bond motifs is 1. The maximum atomic E-state index is 13.0. The van der Waals surface area contributed by atoms with E-state index in [0.717, 1.165) is 29.4 Å². The summed E-state index contributed by atoms with van der Waals surface area (Å²) in [6.07, 6.45) is 4.37. The monoisotopic (exact) mass is 333 g/mol. The Hall–Kier alpha value is -2.55. The van der Waals surface area contributed by atoms with Crippen molar-refractivity contribution in [3.05, 3.63) is 71.0 Å². The number of hydrogen-bond acceptors (Lipinski definition) is 2. The first kappa shape index (κ1) is 15.9. The van der Waals surface area contributed by atoms with Gasteiger partial charge < -0.3 is 9.32 Å². The fourth-order valence-electron chi connectivity index (χ4n) is 3.32. The van der Waals surface area contributed by atoms with Crippen molar-refractivity contribution in [1.82, 2.24) is 4.90 Å². The van der Waals surface area contributed by atoms with E-state index in [1.165, 1.54) is 16.7 Å². The van der Waals surface area contributed by atoms with Gasteiger partial charge in [-0.2, -0.15) is 0 Å². The average molecular weight is 333 g/mol. The predicted molar refractivity (Wildman–Crippen MR) is 99.4 cm³/mol. The van der Waals surface area contributed by atoms with Gasteiger partial charge in [-0.1, -0.05) is 30.3 Å². The topological polar surface area (TPSA) is 33.5 Å². The fourth-order valence-corrected chi connectivity index (χ4v) is 3.32. The first-order valence-electron chi connectivity index (χ1n) is 8.92. The molecule has 1 aliphatic carbocycles. The van der Waals surface area contributed by atoms with Crippen molar-refractivity contribution in [2.24, 2.45) is 0 Å². The number of furan rings is 1. The van der Waals surface area contributed by atoms with Crippen LogP contribution in [0.25, 0.3) is 11.0 Å². The SMILES string of the molecule is Cc1cc2occ(CC(=O)N(Cc3ccccc3)C3CC3)c2cc1C. The highest BCUT2D eigenvalue weighted by Crippen LogP contribution is 2.30. The Bertz CT molecular complexity index is 906. The number of rotatable bonds is 5. The lowest BCUT2D eigenvalue weighted by molar-refractivity contribution is -0.131. The Labute approximate surface area is 148 Å². The molecule has 25 heavy (non-hydrogen) atoms. The van der Waals surface area contributed by atoms with E-state index in [4.69, 9.17) is 4.42 Å². The van der Waals surface area contributed by atoms with Gasteiger partial charge in [0.2, 0.25) is 5.91 Å². The largest absolute Gasteiger partial charge is 0.464 e. The van der Waals surface area contributed by atoms with Crippen molar-refractivity contribution in [1.29, 1.82) is 0 Å². The highest BCUT2D eigenvalue weighted by Gasteiger charge is 2.32. The van der Waals surface area contributed by atoms with Crippen LogP contribution in [0, 0.1) is 13.8 Å². The van der Waals surface area contributed by atoms with Gasteiger partial charge in [0.25, 0.3) is 0 Å². The number of aryl methyl sites for hydroxylation is 2. The molecular weight excluding hydrogens is 310 g/mol. The molecule has 4 rings (SSSR count). The highest BCUT2D eigenvalue weighted by atomic mass is 16.3. The molecule has 0 unspecified atom stereocenters. The van der Waals surface area contributed by atoms with Crippen molar-refractivity contribution in [3.8, 4) is 0 Å². The highest BCUT2D eigenvalue weighted by molar-refractivity contribution is 5.88. The molecule has 0 radical (unpaired) electrons. The van der Waals surface area contributed by atoms with E-state index >= 15 is 0 Å². The van der Waals surface area contributed by atoms with E-state index in [1.807, 2.05) is 23.1 Å². The lowest BCUT2D eigenvalue weighted by atomic mass is 10.0. The van der Waals surface area contributed by atoms with Gasteiger partial charge in [0, 0.05) is 23.5 Å². The molecule has 1 aliphatic rings. The van der Waals surface area contributed by atoms with Crippen LogP contribution < -0.4 is 0 Å². The summed E-state index contributed by atoms with van der Waals surface area (Å²) in [5, 5.41) is 1.06. The molecule has 0 bridgehead atoms. The van der Waals surface area contributed by atoms with Crippen LogP contribution in [0.4, 0.5) is 0 Å². The second-order valence-corrected chi connectivity index (χ2v) is 7.11. The van der Waals surface area contributed by atoms with Gasteiger partial charge in [-0.15, -0.1) is 0 Å². The van der Waals surface area contributed by atoms with Crippen LogP contribution in [-0.4, -0.2) is 16.8 Å². The van der Waals surface area contributed by atoms with Crippen LogP contribution in [0.3, 0.4) is 0 Å². The van der Waals surface area contributed by atoms with Gasteiger partial charge in [0.05, 0.1) is 12.7 Å². The van der Waals surface area contributed by atoms with Crippen molar-refractivity contribution >= 4 is 16.9 Å². The summed E-state index contributed by atoms with van der Waals surface area (Å²) in [6, 6.07) is 14.8. The molecule has 3 nitrogen and oxygen atoms in total. The summed E-state index contributed by atoms with van der Waals surface area (Å²) in [5.74, 6) is 0.187. The van der Waals surface area contributed by atoms with Gasteiger partial charge in [-0.3, -0.25) is 4.79 Å². The van der Waals surface area contributed by atoms with Gasteiger partial charge in [-0.25, -0.2) is 0 Å². The Morgan fingerprint density at radius 2 is 1.84 bits per heavy atom. The predicted octanol–water partition coefficient (Wildman–Crippen LogP) is 4.78. The number of carbonyl (C=O) groups is 1. The number of amides is 1. The molecule has 0 atom stereocenters. The maximum Gasteiger partial charge on any atom is 0.227 e. The summed E-state index contributed by atoms with van der Waals surface area (Å²) in [5.41, 5.74) is 5.48. The van der Waals surface area contributed by atoms with E-state index in [1.54, 1.807) is 6.26 Å². The third kappa shape index (κ3) is 3.32.